The first kappa shape index (κ1) is 22.9. The van der Waals surface area contributed by atoms with E-state index in [1.165, 1.54) is 0 Å². The molecule has 0 saturated heterocycles. The van der Waals surface area contributed by atoms with Gasteiger partial charge < -0.3 is 25.4 Å². The molecule has 0 rings (SSSR count). The van der Waals surface area contributed by atoms with E-state index in [-0.39, 0.29) is 40.3 Å². The Morgan fingerprint density at radius 3 is 1.12 bits per heavy atom. The molecule has 0 atom stereocenters. The predicted octanol–water partition coefficient (Wildman–Crippen LogP) is -2.67. The number of phosphoric acid groups is 1. The molecule has 1 radical (unpaired) electrons. The molecule has 0 saturated carbocycles. The normalized spacial score (nSPS) is 7.38. The van der Waals surface area contributed by atoms with E-state index in [0.717, 1.165) is 0 Å². The van der Waals surface area contributed by atoms with Crippen LogP contribution in [0.1, 0.15) is 0 Å². The van der Waals surface area contributed by atoms with Gasteiger partial charge in [-0.1, -0.05) is 0 Å². The maximum Gasteiger partial charge on any atom is 2.00 e. The Balaban J connectivity index is -0.0000000267. The Hall–Kier alpha value is 1.11. The Morgan fingerprint density at radius 1 is 1.12 bits per heavy atom. The number of hydrogen-bond donors (Lipinski definition) is 1. The van der Waals surface area contributed by atoms with Gasteiger partial charge in [0.05, 0.1) is 0 Å². The summed E-state index contributed by atoms with van der Waals surface area (Å²) in [6, 6.07) is 0. The van der Waals surface area contributed by atoms with Crippen LogP contribution in [0.2, 0.25) is 0 Å². The molecule has 0 fully saturated rings. The second-order valence-corrected chi connectivity index (χ2v) is 1.34. The van der Waals surface area contributed by atoms with E-state index in [1.807, 2.05) is 0 Å². The van der Waals surface area contributed by atoms with Gasteiger partial charge in [-0.3, -0.25) is 0 Å². The van der Waals surface area contributed by atoms with Crippen molar-refractivity contribution in [3.05, 3.63) is 0 Å². The van der Waals surface area contributed by atoms with Crippen LogP contribution in [-0.4, -0.2) is 0 Å². The van der Waals surface area contributed by atoms with Crippen LogP contribution < -0.4 is 20.8 Å². The van der Waals surface area contributed by atoms with Crippen LogP contribution in [0.5, 0.6) is 0 Å². The van der Waals surface area contributed by atoms with Gasteiger partial charge in [-0.25, -0.2) is 0 Å². The molecule has 8 heavy (non-hydrogen) atoms. The van der Waals surface area contributed by atoms with Crippen molar-refractivity contribution < 1.29 is 53.4 Å². The quantitative estimate of drug-likeness (QED) is 0.354. The van der Waals surface area contributed by atoms with Crippen LogP contribution in [-0.2, 0) is 38.7 Å². The molecule has 0 amide bonds. The van der Waals surface area contributed by atoms with Crippen LogP contribution in [0.4, 0.5) is 0 Å². The van der Waals surface area contributed by atoms with E-state index >= 15 is 0 Å². The molecule has 0 aliphatic heterocycles. The summed E-state index contributed by atoms with van der Waals surface area (Å²) in [4.78, 5) is 25.6. The third-order valence-corrected chi connectivity index (χ3v) is 0. The molecule has 0 aromatic heterocycles. The van der Waals surface area contributed by atoms with Crippen molar-refractivity contribution in [2.75, 3.05) is 0 Å². The molecular weight excluding hydrogens is 220 g/mol. The summed E-state index contributed by atoms with van der Waals surface area (Å²) in [5, 5.41) is 0. The molecule has 0 aromatic rings. The summed E-state index contributed by atoms with van der Waals surface area (Å²) < 4.78 is 8.55. The van der Waals surface area contributed by atoms with E-state index < -0.39 is 7.82 Å². The van der Waals surface area contributed by atoms with Crippen molar-refractivity contribution in [1.82, 2.24) is 6.15 Å². The smallest absolute Gasteiger partial charge is 0.822 e. The molecule has 3 N–H and O–H groups in total. The molecule has 8 heteroatoms. The van der Waals surface area contributed by atoms with Crippen molar-refractivity contribution in [3.8, 4) is 0 Å². The summed E-state index contributed by atoms with van der Waals surface area (Å²) >= 11 is 0. The fourth-order valence-corrected chi connectivity index (χ4v) is 0. The Morgan fingerprint density at radius 2 is 1.12 bits per heavy atom. The summed E-state index contributed by atoms with van der Waals surface area (Å²) in [5.41, 5.74) is 0. The molecule has 0 unspecified atom stereocenters. The van der Waals surface area contributed by atoms with E-state index in [0.29, 0.717) is 0 Å². The topological polar surface area (TPSA) is 121 Å². The molecule has 0 aromatic carbocycles. The monoisotopic (exact) mass is 223 g/mol. The van der Waals surface area contributed by atoms with Crippen LogP contribution >= 0.6 is 7.82 Å². The van der Waals surface area contributed by atoms with Gasteiger partial charge in [0.25, 0.3) is 0 Å². The van der Waals surface area contributed by atoms with Crippen molar-refractivity contribution in [1.29, 1.82) is 0 Å². The van der Waals surface area contributed by atoms with E-state index in [1.54, 1.807) is 0 Å². The minimum Gasteiger partial charge on any atom is -0.822 e. The largest absolute Gasteiger partial charge is 2.00 e. The van der Waals surface area contributed by atoms with E-state index in [2.05, 4.69) is 0 Å². The SMILES string of the molecule is N.O=P([O-])([O-])[O-].[Fe+2].[Mn+2]. The van der Waals surface area contributed by atoms with Crippen molar-refractivity contribution >= 4 is 7.82 Å². The number of hydrogen-bond acceptors (Lipinski definition) is 5. The molecule has 0 aliphatic carbocycles. The third kappa shape index (κ3) is 216. The predicted molar refractivity (Wildman–Crippen MR) is 12.6 cm³/mol. The molecule has 51 valence electrons. The minimum atomic E-state index is -5.39. The van der Waals surface area contributed by atoms with Gasteiger partial charge in [-0.05, 0) is 0 Å². The van der Waals surface area contributed by atoms with Crippen molar-refractivity contribution in [2.45, 2.75) is 0 Å². The molecule has 0 heterocycles. The molecule has 0 spiro atoms. The van der Waals surface area contributed by atoms with Crippen LogP contribution in [0.3, 0.4) is 0 Å². The van der Waals surface area contributed by atoms with Crippen molar-refractivity contribution in [3.63, 3.8) is 0 Å². The first-order chi connectivity index (χ1) is 2.00. The van der Waals surface area contributed by atoms with Gasteiger partial charge >= 0.3 is 34.1 Å². The first-order valence-electron chi connectivity index (χ1n) is 0.730. The zero-order valence-corrected chi connectivity index (χ0v) is 6.70. The van der Waals surface area contributed by atoms with Gasteiger partial charge in [0.1, 0.15) is 0 Å². The fourth-order valence-electron chi connectivity index (χ4n) is 0. The Labute approximate surface area is 67.6 Å². The Bertz CT molecular complexity index is 62.2. The first-order valence-corrected chi connectivity index (χ1v) is 2.19. The van der Waals surface area contributed by atoms with E-state index in [9.17, 15) is 0 Å². The third-order valence-electron chi connectivity index (χ3n) is 0. The van der Waals surface area contributed by atoms with Gasteiger partial charge in [-0.2, -0.15) is 7.82 Å². The second-order valence-electron chi connectivity index (χ2n) is 0.447. The molecule has 5 nitrogen and oxygen atoms in total. The molecule has 0 aliphatic rings. The zero-order valence-electron chi connectivity index (χ0n) is 3.52. The van der Waals surface area contributed by atoms with Crippen LogP contribution in [0, 0.1) is 0 Å². The van der Waals surface area contributed by atoms with Gasteiger partial charge in [0.15, 0.2) is 0 Å². The standard InChI is InChI=1S/Fe.Mn.H3N.H3O4P/c;;;1-5(2,3)4/h;;1H3;(H3,1,2,3,4)/q2*+2;;/p-3. The van der Waals surface area contributed by atoms with Crippen molar-refractivity contribution in [2.24, 2.45) is 0 Å². The average molecular weight is 223 g/mol. The maximum absolute atomic E-state index is 8.55. The molecular formula is H3FeMnNO4P+. The van der Waals surface area contributed by atoms with Crippen LogP contribution in [0.15, 0.2) is 0 Å². The fraction of sp³-hybridized carbons (Fsp3) is 0. The number of rotatable bonds is 0. The molecule has 0 bridgehead atoms. The second kappa shape index (κ2) is 8.11. The Kier molecular flexibility index (Phi) is 23.3. The summed E-state index contributed by atoms with van der Waals surface area (Å²) in [6.45, 7) is 0. The van der Waals surface area contributed by atoms with Gasteiger partial charge in [0.2, 0.25) is 0 Å². The minimum absolute atomic E-state index is 0. The maximum atomic E-state index is 8.55. The van der Waals surface area contributed by atoms with Gasteiger partial charge in [-0.15, -0.1) is 0 Å². The average Bonchev–Trinajstić information content (AvgIpc) is 0.722. The zero-order chi connectivity index (χ0) is 4.50. The van der Waals surface area contributed by atoms with E-state index in [4.69, 9.17) is 19.2 Å². The van der Waals surface area contributed by atoms with Crippen LogP contribution in [0.25, 0.3) is 0 Å². The van der Waals surface area contributed by atoms with Gasteiger partial charge in [0, 0.05) is 0 Å². The summed E-state index contributed by atoms with van der Waals surface area (Å²) in [6.07, 6.45) is 0. The summed E-state index contributed by atoms with van der Waals surface area (Å²) in [5.74, 6) is 0. The summed E-state index contributed by atoms with van der Waals surface area (Å²) in [7, 11) is -5.39.